The first-order valence-corrected chi connectivity index (χ1v) is 10.3. The van der Waals surface area contributed by atoms with Crippen LogP contribution in [0.15, 0.2) is 48.8 Å². The Morgan fingerprint density at radius 2 is 2.00 bits per heavy atom. The van der Waals surface area contributed by atoms with Crippen molar-refractivity contribution >= 4 is 11.8 Å². The molecule has 0 radical (unpaired) electrons. The number of hydrogen-bond acceptors (Lipinski definition) is 4. The van der Waals surface area contributed by atoms with Gasteiger partial charge in [0, 0.05) is 32.0 Å². The predicted molar refractivity (Wildman–Crippen MR) is 109 cm³/mol. The van der Waals surface area contributed by atoms with Gasteiger partial charge >= 0.3 is 0 Å². The summed E-state index contributed by atoms with van der Waals surface area (Å²) in [6, 6.07) is 11.9. The van der Waals surface area contributed by atoms with Crippen LogP contribution >= 0.6 is 0 Å². The van der Waals surface area contributed by atoms with E-state index < -0.39 is 5.60 Å². The maximum Gasteiger partial charge on any atom is 0.255 e. The fraction of sp³-hybridized carbons (Fsp3) is 0.435. The van der Waals surface area contributed by atoms with E-state index in [1.165, 1.54) is 11.1 Å². The number of pyridine rings is 1. The molecule has 1 saturated heterocycles. The number of hydrogen-bond donors (Lipinski definition) is 1. The van der Waals surface area contributed by atoms with E-state index in [1.807, 2.05) is 24.0 Å². The number of fused-ring (bicyclic) bond motifs is 2. The Hall–Kier alpha value is -2.73. The van der Waals surface area contributed by atoms with Gasteiger partial charge in [-0.25, -0.2) is 0 Å². The van der Waals surface area contributed by atoms with Gasteiger partial charge < -0.3 is 15.0 Å². The minimum atomic E-state index is -0.433. The van der Waals surface area contributed by atoms with E-state index >= 15 is 0 Å². The third-order valence-electron chi connectivity index (χ3n) is 5.90. The maximum atomic E-state index is 12.8. The van der Waals surface area contributed by atoms with Crippen LogP contribution in [0.3, 0.4) is 0 Å². The summed E-state index contributed by atoms with van der Waals surface area (Å²) in [7, 11) is 0. The highest BCUT2D eigenvalue weighted by Crippen LogP contribution is 2.44. The van der Waals surface area contributed by atoms with Crippen LogP contribution in [0.2, 0.25) is 0 Å². The van der Waals surface area contributed by atoms with E-state index in [0.717, 1.165) is 19.3 Å². The molecule has 2 aromatic rings. The standard InChI is InChI=1S/C23H27N3O3/c1-2-25-21(27)15-19-14-17-6-3-4-8-20(17)23(29-19)9-12-26(13-10-23)22(28)18-7-5-11-24-16-18/h3-8,11,16,19H,2,9-10,12-15H2,1H3,(H,25,27). The van der Waals surface area contributed by atoms with Crippen LogP contribution in [-0.4, -0.2) is 47.4 Å². The minimum absolute atomic E-state index is 0.0101. The van der Waals surface area contributed by atoms with Gasteiger partial charge in [-0.3, -0.25) is 14.6 Å². The number of amides is 2. The molecule has 3 heterocycles. The monoisotopic (exact) mass is 393 g/mol. The maximum absolute atomic E-state index is 12.8. The molecule has 0 aliphatic carbocycles. The van der Waals surface area contributed by atoms with Gasteiger partial charge in [0.1, 0.15) is 0 Å². The van der Waals surface area contributed by atoms with Gasteiger partial charge in [0.25, 0.3) is 5.91 Å². The fourth-order valence-corrected chi connectivity index (χ4v) is 4.53. The van der Waals surface area contributed by atoms with Gasteiger partial charge in [0.15, 0.2) is 0 Å². The summed E-state index contributed by atoms with van der Waals surface area (Å²) < 4.78 is 6.58. The summed E-state index contributed by atoms with van der Waals surface area (Å²) in [5.74, 6) is 0.0344. The van der Waals surface area contributed by atoms with Gasteiger partial charge in [0.05, 0.1) is 23.7 Å². The zero-order valence-electron chi connectivity index (χ0n) is 16.8. The molecule has 6 heteroatoms. The number of likely N-dealkylation sites (tertiary alicyclic amines) is 1. The third kappa shape index (κ3) is 4.03. The molecule has 29 heavy (non-hydrogen) atoms. The van der Waals surface area contributed by atoms with E-state index in [4.69, 9.17) is 4.74 Å². The number of aromatic nitrogens is 1. The first-order chi connectivity index (χ1) is 14.1. The highest BCUT2D eigenvalue weighted by atomic mass is 16.5. The van der Waals surface area contributed by atoms with E-state index in [2.05, 4.69) is 22.4 Å². The predicted octanol–water partition coefficient (Wildman–Crippen LogP) is 2.68. The van der Waals surface area contributed by atoms with Gasteiger partial charge in [-0.1, -0.05) is 24.3 Å². The highest BCUT2D eigenvalue weighted by Gasteiger charge is 2.44. The van der Waals surface area contributed by atoms with Crippen LogP contribution in [0.5, 0.6) is 0 Å². The second-order valence-corrected chi connectivity index (χ2v) is 7.79. The molecular weight excluding hydrogens is 366 g/mol. The number of nitrogens with one attached hydrogen (secondary N) is 1. The topological polar surface area (TPSA) is 71.5 Å². The SMILES string of the molecule is CCNC(=O)CC1Cc2ccccc2C2(CCN(C(=O)c3cccnc3)CC2)O1. The number of ether oxygens (including phenoxy) is 1. The number of piperidine rings is 1. The number of carbonyl (C=O) groups excluding carboxylic acids is 2. The average Bonchev–Trinajstić information content (AvgIpc) is 2.75. The molecule has 6 nitrogen and oxygen atoms in total. The van der Waals surface area contributed by atoms with Crippen molar-refractivity contribution in [3.8, 4) is 0 Å². The second-order valence-electron chi connectivity index (χ2n) is 7.79. The summed E-state index contributed by atoms with van der Waals surface area (Å²) in [4.78, 5) is 30.9. The van der Waals surface area contributed by atoms with Crippen molar-refractivity contribution in [1.29, 1.82) is 0 Å². The molecule has 1 atom stereocenters. The average molecular weight is 393 g/mol. The van der Waals surface area contributed by atoms with Crippen molar-refractivity contribution in [3.05, 3.63) is 65.5 Å². The Kier molecular flexibility index (Phi) is 5.62. The first-order valence-electron chi connectivity index (χ1n) is 10.3. The van der Waals surface area contributed by atoms with Crippen molar-refractivity contribution in [3.63, 3.8) is 0 Å². The summed E-state index contributed by atoms with van der Waals surface area (Å²) >= 11 is 0. The fourth-order valence-electron chi connectivity index (χ4n) is 4.53. The minimum Gasteiger partial charge on any atom is -0.366 e. The lowest BCUT2D eigenvalue weighted by Gasteiger charge is -2.47. The third-order valence-corrected chi connectivity index (χ3v) is 5.90. The van der Waals surface area contributed by atoms with Gasteiger partial charge in [0.2, 0.25) is 5.91 Å². The Labute approximate surface area is 171 Å². The molecule has 1 unspecified atom stereocenters. The van der Waals surface area contributed by atoms with Crippen LogP contribution in [0, 0.1) is 0 Å². The molecule has 152 valence electrons. The van der Waals surface area contributed by atoms with Crippen molar-refractivity contribution in [1.82, 2.24) is 15.2 Å². The summed E-state index contributed by atoms with van der Waals surface area (Å²) in [6.45, 7) is 3.79. The van der Waals surface area contributed by atoms with Crippen molar-refractivity contribution in [2.75, 3.05) is 19.6 Å². The van der Waals surface area contributed by atoms with E-state index in [-0.39, 0.29) is 17.9 Å². The van der Waals surface area contributed by atoms with Gasteiger partial charge in [-0.2, -0.15) is 0 Å². The number of carbonyl (C=O) groups is 2. The van der Waals surface area contributed by atoms with E-state index in [1.54, 1.807) is 24.5 Å². The van der Waals surface area contributed by atoms with Crippen molar-refractivity contribution in [2.24, 2.45) is 0 Å². The second kappa shape index (κ2) is 8.33. The van der Waals surface area contributed by atoms with Gasteiger partial charge in [-0.05, 0) is 49.4 Å². The zero-order chi connectivity index (χ0) is 20.3. The van der Waals surface area contributed by atoms with Crippen LogP contribution in [0.4, 0.5) is 0 Å². The molecule has 0 bridgehead atoms. The quantitative estimate of drug-likeness (QED) is 0.867. The molecule has 2 aliphatic rings. The highest BCUT2D eigenvalue weighted by molar-refractivity contribution is 5.93. The molecule has 1 fully saturated rings. The number of rotatable bonds is 4. The lowest BCUT2D eigenvalue weighted by atomic mass is 9.77. The Morgan fingerprint density at radius 3 is 2.72 bits per heavy atom. The van der Waals surface area contributed by atoms with Crippen molar-refractivity contribution in [2.45, 2.75) is 44.3 Å². The van der Waals surface area contributed by atoms with Crippen molar-refractivity contribution < 1.29 is 14.3 Å². The Balaban J connectivity index is 1.52. The normalized spacial score (nSPS) is 20.2. The van der Waals surface area contributed by atoms with Crippen LogP contribution in [-0.2, 0) is 21.6 Å². The molecule has 1 N–H and O–H groups in total. The zero-order valence-corrected chi connectivity index (χ0v) is 16.8. The molecule has 4 rings (SSSR count). The molecule has 2 aliphatic heterocycles. The Bertz CT molecular complexity index is 876. The smallest absolute Gasteiger partial charge is 0.255 e. The van der Waals surface area contributed by atoms with Crippen LogP contribution < -0.4 is 5.32 Å². The molecule has 1 aromatic heterocycles. The number of nitrogens with zero attached hydrogens (tertiary/aromatic N) is 2. The van der Waals surface area contributed by atoms with Crippen LogP contribution in [0.1, 0.15) is 47.7 Å². The summed E-state index contributed by atoms with van der Waals surface area (Å²) in [6.07, 6.45) is 5.70. The lowest BCUT2D eigenvalue weighted by molar-refractivity contribution is -0.147. The van der Waals surface area contributed by atoms with Gasteiger partial charge in [-0.15, -0.1) is 0 Å². The molecule has 0 saturated carbocycles. The number of benzene rings is 1. The first kappa shape index (κ1) is 19.6. The summed E-state index contributed by atoms with van der Waals surface area (Å²) in [5.41, 5.74) is 2.64. The Morgan fingerprint density at radius 1 is 1.21 bits per heavy atom. The van der Waals surface area contributed by atoms with E-state index in [9.17, 15) is 9.59 Å². The van der Waals surface area contributed by atoms with E-state index in [0.29, 0.717) is 31.6 Å². The van der Waals surface area contributed by atoms with Crippen LogP contribution in [0.25, 0.3) is 0 Å². The largest absolute Gasteiger partial charge is 0.366 e. The molecule has 1 aromatic carbocycles. The molecule has 2 amide bonds. The molecule has 1 spiro atoms. The lowest BCUT2D eigenvalue weighted by Crippen LogP contribution is -2.50. The summed E-state index contributed by atoms with van der Waals surface area (Å²) in [5, 5.41) is 2.87. The molecular formula is C23H27N3O3.